The van der Waals surface area contributed by atoms with Gasteiger partial charge in [0.05, 0.1) is 5.92 Å². The van der Waals surface area contributed by atoms with Gasteiger partial charge in [0.15, 0.2) is 0 Å². The highest BCUT2D eigenvalue weighted by Crippen LogP contribution is 2.33. The van der Waals surface area contributed by atoms with E-state index in [1.54, 1.807) is 0 Å². The first-order valence-electron chi connectivity index (χ1n) is 7.66. The number of carboxylic acid groups (broad SMARTS) is 1. The minimum atomic E-state index is -0.778. The predicted molar refractivity (Wildman–Crippen MR) is 88.3 cm³/mol. The summed E-state index contributed by atoms with van der Waals surface area (Å²) in [5.74, 6) is -1.21. The summed E-state index contributed by atoms with van der Waals surface area (Å²) >= 11 is 3.41. The lowest BCUT2D eigenvalue weighted by atomic mass is 10.0. The van der Waals surface area contributed by atoms with Gasteiger partial charge in [-0.2, -0.15) is 0 Å². The van der Waals surface area contributed by atoms with Crippen molar-refractivity contribution in [3.8, 4) is 0 Å². The van der Waals surface area contributed by atoms with Crippen molar-refractivity contribution in [3.63, 3.8) is 0 Å². The molecule has 1 saturated carbocycles. The van der Waals surface area contributed by atoms with E-state index in [0.29, 0.717) is 25.8 Å². The topological polar surface area (TPSA) is 57.6 Å². The maximum absolute atomic E-state index is 12.8. The van der Waals surface area contributed by atoms with Crippen molar-refractivity contribution in [2.45, 2.75) is 45.7 Å². The third kappa shape index (κ3) is 4.09. The van der Waals surface area contributed by atoms with Gasteiger partial charge in [0.25, 0.3) is 0 Å². The molecule has 0 aromatic heterocycles. The Morgan fingerprint density at radius 2 is 1.82 bits per heavy atom. The lowest BCUT2D eigenvalue weighted by molar-refractivity contribution is -0.142. The maximum Gasteiger partial charge on any atom is 0.306 e. The molecule has 1 aliphatic rings. The van der Waals surface area contributed by atoms with E-state index < -0.39 is 5.97 Å². The number of carbonyl (C=O) groups is 2. The Balaban J connectivity index is 2.06. The van der Waals surface area contributed by atoms with Crippen molar-refractivity contribution < 1.29 is 14.7 Å². The molecule has 1 aromatic carbocycles. The molecule has 1 fully saturated rings. The summed E-state index contributed by atoms with van der Waals surface area (Å²) in [5.41, 5.74) is 1.08. The highest BCUT2D eigenvalue weighted by atomic mass is 79.9. The van der Waals surface area contributed by atoms with Crippen LogP contribution in [0.5, 0.6) is 0 Å². The number of aliphatic carboxylic acids is 1. The summed E-state index contributed by atoms with van der Waals surface area (Å²) in [4.78, 5) is 25.7. The molecule has 0 bridgehead atoms. The lowest BCUT2D eigenvalue weighted by Gasteiger charge is -2.29. The van der Waals surface area contributed by atoms with Gasteiger partial charge >= 0.3 is 5.97 Å². The van der Waals surface area contributed by atoms with Crippen LogP contribution in [0.1, 0.15) is 38.7 Å². The van der Waals surface area contributed by atoms with Crippen LogP contribution in [0.15, 0.2) is 28.7 Å². The van der Waals surface area contributed by atoms with E-state index in [1.165, 1.54) is 0 Å². The summed E-state index contributed by atoms with van der Waals surface area (Å²) in [6, 6.07) is 8.03. The Morgan fingerprint density at radius 3 is 2.32 bits per heavy atom. The highest BCUT2D eigenvalue weighted by Gasteiger charge is 2.36. The van der Waals surface area contributed by atoms with Gasteiger partial charge in [-0.1, -0.05) is 28.1 Å². The molecule has 0 aliphatic heterocycles. The molecule has 1 aromatic rings. The third-order valence-electron chi connectivity index (χ3n) is 4.30. The molecule has 0 unspecified atom stereocenters. The molecule has 2 atom stereocenters. The van der Waals surface area contributed by atoms with Crippen LogP contribution in [0.25, 0.3) is 0 Å². The normalized spacial score (nSPS) is 21.1. The Bertz CT molecular complexity index is 541. The molecule has 1 N–H and O–H groups in total. The first kappa shape index (κ1) is 17.0. The molecule has 120 valence electrons. The molecule has 1 amide bonds. The molecule has 0 heterocycles. The molecule has 4 nitrogen and oxygen atoms in total. The number of halogens is 1. The average molecular weight is 368 g/mol. The van der Waals surface area contributed by atoms with Gasteiger partial charge in [0.1, 0.15) is 0 Å². The van der Waals surface area contributed by atoms with Crippen molar-refractivity contribution >= 4 is 27.8 Å². The van der Waals surface area contributed by atoms with Gasteiger partial charge in [-0.05, 0) is 50.8 Å². The van der Waals surface area contributed by atoms with Crippen LogP contribution in [0.2, 0.25) is 0 Å². The molecule has 0 saturated heterocycles. The van der Waals surface area contributed by atoms with Crippen molar-refractivity contribution in [3.05, 3.63) is 34.3 Å². The summed E-state index contributed by atoms with van der Waals surface area (Å²) < 4.78 is 1.01. The Kier molecular flexibility index (Phi) is 5.62. The van der Waals surface area contributed by atoms with Crippen LogP contribution in [0, 0.1) is 11.8 Å². The maximum atomic E-state index is 12.8. The number of rotatable bonds is 5. The summed E-state index contributed by atoms with van der Waals surface area (Å²) in [7, 11) is 0. The molecule has 1 aliphatic carbocycles. The first-order valence-corrected chi connectivity index (χ1v) is 8.45. The number of hydrogen-bond acceptors (Lipinski definition) is 2. The van der Waals surface area contributed by atoms with Crippen molar-refractivity contribution in [1.29, 1.82) is 0 Å². The molecule has 0 spiro atoms. The standard InChI is InChI=1S/C17H22BrNO3/c1-11(2)19(10-12-3-7-15(18)8-4-12)16(20)13-5-6-14(9-13)17(21)22/h3-4,7-8,11,13-14H,5-6,9-10H2,1-2H3,(H,21,22)/t13-,14+/m1/s1. The Hall–Kier alpha value is -1.36. The Morgan fingerprint density at radius 1 is 1.23 bits per heavy atom. The van der Waals surface area contributed by atoms with Gasteiger partial charge in [-0.15, -0.1) is 0 Å². The number of benzene rings is 1. The second-order valence-electron chi connectivity index (χ2n) is 6.23. The predicted octanol–water partition coefficient (Wildman–Crippen LogP) is 3.69. The number of nitrogens with zero attached hydrogens (tertiary/aromatic N) is 1. The Labute approximate surface area is 139 Å². The smallest absolute Gasteiger partial charge is 0.306 e. The monoisotopic (exact) mass is 367 g/mol. The zero-order chi connectivity index (χ0) is 16.3. The van der Waals surface area contributed by atoms with Crippen LogP contribution in [0.4, 0.5) is 0 Å². The number of carboxylic acids is 1. The van der Waals surface area contributed by atoms with E-state index in [1.807, 2.05) is 43.0 Å². The van der Waals surface area contributed by atoms with E-state index in [0.717, 1.165) is 10.0 Å². The number of carbonyl (C=O) groups excluding carboxylic acids is 1. The SMILES string of the molecule is CC(C)N(Cc1ccc(Br)cc1)C(=O)[C@@H]1CC[C@H](C(=O)O)C1. The highest BCUT2D eigenvalue weighted by molar-refractivity contribution is 9.10. The quantitative estimate of drug-likeness (QED) is 0.863. The number of hydrogen-bond donors (Lipinski definition) is 1. The van der Waals surface area contributed by atoms with Gasteiger partial charge < -0.3 is 10.0 Å². The minimum Gasteiger partial charge on any atom is -0.481 e. The molecule has 5 heteroatoms. The molecule has 0 radical (unpaired) electrons. The lowest BCUT2D eigenvalue weighted by Crippen LogP contribution is -2.40. The van der Waals surface area contributed by atoms with E-state index in [2.05, 4.69) is 15.9 Å². The van der Waals surface area contributed by atoms with Gasteiger partial charge in [-0.25, -0.2) is 0 Å². The summed E-state index contributed by atoms with van der Waals surface area (Å²) in [5, 5.41) is 9.09. The fourth-order valence-electron chi connectivity index (χ4n) is 2.97. The fourth-order valence-corrected chi connectivity index (χ4v) is 3.23. The van der Waals surface area contributed by atoms with Crippen LogP contribution in [-0.4, -0.2) is 27.9 Å². The van der Waals surface area contributed by atoms with Crippen LogP contribution in [0.3, 0.4) is 0 Å². The van der Waals surface area contributed by atoms with E-state index in [-0.39, 0.29) is 23.8 Å². The second-order valence-corrected chi connectivity index (χ2v) is 7.15. The molecular formula is C17H22BrNO3. The molecule has 22 heavy (non-hydrogen) atoms. The van der Waals surface area contributed by atoms with Crippen LogP contribution in [-0.2, 0) is 16.1 Å². The molecule has 2 rings (SSSR count). The van der Waals surface area contributed by atoms with E-state index >= 15 is 0 Å². The van der Waals surface area contributed by atoms with Crippen LogP contribution < -0.4 is 0 Å². The third-order valence-corrected chi connectivity index (χ3v) is 4.83. The van der Waals surface area contributed by atoms with Gasteiger partial charge in [-0.3, -0.25) is 9.59 Å². The second kappa shape index (κ2) is 7.27. The first-order chi connectivity index (χ1) is 10.4. The van der Waals surface area contributed by atoms with Crippen molar-refractivity contribution in [1.82, 2.24) is 4.90 Å². The zero-order valence-electron chi connectivity index (χ0n) is 13.0. The zero-order valence-corrected chi connectivity index (χ0v) is 14.5. The van der Waals surface area contributed by atoms with E-state index in [9.17, 15) is 9.59 Å². The average Bonchev–Trinajstić information content (AvgIpc) is 2.95. The van der Waals surface area contributed by atoms with Crippen molar-refractivity contribution in [2.24, 2.45) is 11.8 Å². The van der Waals surface area contributed by atoms with E-state index in [4.69, 9.17) is 5.11 Å². The fraction of sp³-hybridized carbons (Fsp3) is 0.529. The van der Waals surface area contributed by atoms with Crippen molar-refractivity contribution in [2.75, 3.05) is 0 Å². The number of amides is 1. The van der Waals surface area contributed by atoms with Gasteiger partial charge in [0.2, 0.25) is 5.91 Å². The largest absolute Gasteiger partial charge is 0.481 e. The molecular weight excluding hydrogens is 346 g/mol. The summed E-state index contributed by atoms with van der Waals surface area (Å²) in [6.45, 7) is 4.57. The minimum absolute atomic E-state index is 0.0849. The van der Waals surface area contributed by atoms with Crippen LogP contribution >= 0.6 is 15.9 Å². The summed E-state index contributed by atoms with van der Waals surface area (Å²) in [6.07, 6.45) is 1.76. The van der Waals surface area contributed by atoms with Gasteiger partial charge in [0, 0.05) is 23.0 Å².